The average molecular weight is 203 g/mol. The van der Waals surface area contributed by atoms with Crippen molar-refractivity contribution < 1.29 is 9.50 Å². The van der Waals surface area contributed by atoms with Gasteiger partial charge in [0.05, 0.1) is 11.4 Å². The minimum absolute atomic E-state index is 0.0979. The maximum absolute atomic E-state index is 13.3. The van der Waals surface area contributed by atoms with Crippen LogP contribution in [0, 0.1) is 5.82 Å². The van der Waals surface area contributed by atoms with Gasteiger partial charge in [-0.15, -0.1) is 0 Å². The van der Waals surface area contributed by atoms with E-state index in [1.807, 2.05) is 0 Å². The fraction of sp³-hybridized carbons (Fsp3) is 0. The molecule has 2 aromatic rings. The number of rotatable bonds is 2. The smallest absolute Gasteiger partial charge is 0.146 e. The number of phenols is 1. The van der Waals surface area contributed by atoms with Gasteiger partial charge in [-0.1, -0.05) is 24.3 Å². The van der Waals surface area contributed by atoms with Gasteiger partial charge >= 0.3 is 0 Å². The lowest BCUT2D eigenvalue weighted by atomic mass is 10.2. The first-order valence-electron chi connectivity index (χ1n) is 4.57. The first-order chi connectivity index (χ1) is 7.27. The van der Waals surface area contributed by atoms with Gasteiger partial charge in [0.1, 0.15) is 11.6 Å². The summed E-state index contributed by atoms with van der Waals surface area (Å²) < 4.78 is 13.3. The molecule has 15 heavy (non-hydrogen) atoms. The summed E-state index contributed by atoms with van der Waals surface area (Å²) in [5.41, 5.74) is 0.835. The number of hydrogen-bond acceptors (Lipinski definition) is 2. The standard InChI is InChI=1S/C12H10FNO/c13-9-5-1-2-6-10(9)14-11-7-3-4-8-12(11)15/h1-8,14-15H. The van der Waals surface area contributed by atoms with E-state index in [0.29, 0.717) is 11.4 Å². The third-order valence-corrected chi connectivity index (χ3v) is 2.05. The van der Waals surface area contributed by atoms with Gasteiger partial charge in [-0.25, -0.2) is 4.39 Å². The van der Waals surface area contributed by atoms with Gasteiger partial charge < -0.3 is 10.4 Å². The Morgan fingerprint density at radius 2 is 1.47 bits per heavy atom. The molecule has 0 amide bonds. The first kappa shape index (κ1) is 9.52. The van der Waals surface area contributed by atoms with Gasteiger partial charge in [-0.05, 0) is 24.3 Å². The normalized spacial score (nSPS) is 9.93. The Balaban J connectivity index is 2.30. The molecule has 76 valence electrons. The molecule has 0 aromatic heterocycles. The van der Waals surface area contributed by atoms with Crippen molar-refractivity contribution in [1.82, 2.24) is 0 Å². The van der Waals surface area contributed by atoms with Crippen LogP contribution in [0.25, 0.3) is 0 Å². The van der Waals surface area contributed by atoms with Crippen molar-refractivity contribution in [3.8, 4) is 5.75 Å². The van der Waals surface area contributed by atoms with Crippen LogP contribution >= 0.6 is 0 Å². The number of para-hydroxylation sites is 3. The van der Waals surface area contributed by atoms with Crippen molar-refractivity contribution in [2.24, 2.45) is 0 Å². The van der Waals surface area contributed by atoms with E-state index in [9.17, 15) is 9.50 Å². The molecule has 0 radical (unpaired) electrons. The zero-order valence-corrected chi connectivity index (χ0v) is 7.94. The predicted molar refractivity (Wildman–Crippen MR) is 57.8 cm³/mol. The van der Waals surface area contributed by atoms with Crippen molar-refractivity contribution in [3.05, 3.63) is 54.3 Å². The average Bonchev–Trinajstić information content (AvgIpc) is 2.24. The summed E-state index contributed by atoms with van der Waals surface area (Å²) in [7, 11) is 0. The minimum atomic E-state index is -0.347. The van der Waals surface area contributed by atoms with E-state index in [4.69, 9.17) is 0 Å². The molecule has 3 heteroatoms. The van der Waals surface area contributed by atoms with Crippen LogP contribution in [0.15, 0.2) is 48.5 Å². The lowest BCUT2D eigenvalue weighted by Crippen LogP contribution is -1.93. The summed E-state index contributed by atoms with van der Waals surface area (Å²) in [6, 6.07) is 13.0. The van der Waals surface area contributed by atoms with Crippen LogP contribution in [-0.2, 0) is 0 Å². The van der Waals surface area contributed by atoms with Crippen molar-refractivity contribution in [2.45, 2.75) is 0 Å². The molecule has 2 nitrogen and oxygen atoms in total. The van der Waals surface area contributed by atoms with Gasteiger partial charge in [0.15, 0.2) is 0 Å². The van der Waals surface area contributed by atoms with Gasteiger partial charge in [-0.2, -0.15) is 0 Å². The lowest BCUT2D eigenvalue weighted by Gasteiger charge is -2.08. The van der Waals surface area contributed by atoms with Crippen LogP contribution in [0.4, 0.5) is 15.8 Å². The summed E-state index contributed by atoms with van der Waals surface area (Å²) in [6.45, 7) is 0. The highest BCUT2D eigenvalue weighted by atomic mass is 19.1. The number of halogens is 1. The largest absolute Gasteiger partial charge is 0.506 e. The second-order valence-corrected chi connectivity index (χ2v) is 3.12. The number of benzene rings is 2. The summed E-state index contributed by atoms with van der Waals surface area (Å²) in [5.74, 6) is -0.249. The molecule has 0 atom stereocenters. The van der Waals surface area contributed by atoms with E-state index < -0.39 is 0 Å². The van der Waals surface area contributed by atoms with Gasteiger partial charge in [0.25, 0.3) is 0 Å². The third-order valence-electron chi connectivity index (χ3n) is 2.05. The first-order valence-corrected chi connectivity index (χ1v) is 4.57. The van der Waals surface area contributed by atoms with E-state index in [-0.39, 0.29) is 11.6 Å². The molecule has 2 N–H and O–H groups in total. The number of anilines is 2. The van der Waals surface area contributed by atoms with E-state index >= 15 is 0 Å². The minimum Gasteiger partial charge on any atom is -0.506 e. The van der Waals surface area contributed by atoms with E-state index in [0.717, 1.165) is 0 Å². The number of hydrogen-bond donors (Lipinski definition) is 2. The van der Waals surface area contributed by atoms with Crippen LogP contribution in [-0.4, -0.2) is 5.11 Å². The molecule has 0 aliphatic heterocycles. The zero-order valence-electron chi connectivity index (χ0n) is 7.94. The quantitative estimate of drug-likeness (QED) is 0.734. The van der Waals surface area contributed by atoms with E-state index in [2.05, 4.69) is 5.32 Å². The Morgan fingerprint density at radius 1 is 0.867 bits per heavy atom. The van der Waals surface area contributed by atoms with Gasteiger partial charge in [0.2, 0.25) is 0 Å². The molecule has 0 bridgehead atoms. The molecule has 0 spiro atoms. The van der Waals surface area contributed by atoms with E-state index in [1.165, 1.54) is 6.07 Å². The van der Waals surface area contributed by atoms with Crippen LogP contribution in [0.5, 0.6) is 5.75 Å². The number of aromatic hydroxyl groups is 1. The predicted octanol–water partition coefficient (Wildman–Crippen LogP) is 3.27. The molecule has 0 saturated heterocycles. The molecule has 0 aliphatic rings. The maximum atomic E-state index is 13.3. The Kier molecular flexibility index (Phi) is 2.54. The second kappa shape index (κ2) is 4.00. The maximum Gasteiger partial charge on any atom is 0.146 e. The highest BCUT2D eigenvalue weighted by Crippen LogP contribution is 2.26. The summed E-state index contributed by atoms with van der Waals surface area (Å²) in [6.07, 6.45) is 0. The molecule has 0 fully saturated rings. The van der Waals surface area contributed by atoms with Crippen molar-refractivity contribution in [3.63, 3.8) is 0 Å². The van der Waals surface area contributed by atoms with Crippen molar-refractivity contribution in [1.29, 1.82) is 0 Å². The zero-order chi connectivity index (χ0) is 10.7. The highest BCUT2D eigenvalue weighted by molar-refractivity contribution is 5.65. The Bertz CT molecular complexity index is 427. The van der Waals surface area contributed by atoms with Crippen molar-refractivity contribution in [2.75, 3.05) is 5.32 Å². The highest BCUT2D eigenvalue weighted by Gasteiger charge is 2.03. The van der Waals surface area contributed by atoms with Crippen molar-refractivity contribution >= 4 is 11.4 Å². The lowest BCUT2D eigenvalue weighted by molar-refractivity contribution is 0.477. The molecule has 0 unspecified atom stereocenters. The van der Waals surface area contributed by atoms with Crippen LogP contribution < -0.4 is 5.32 Å². The van der Waals surface area contributed by atoms with Gasteiger partial charge in [0, 0.05) is 0 Å². The molecule has 0 aliphatic carbocycles. The third kappa shape index (κ3) is 2.07. The Morgan fingerprint density at radius 3 is 2.13 bits per heavy atom. The monoisotopic (exact) mass is 203 g/mol. The Hall–Kier alpha value is -2.03. The molecule has 0 saturated carbocycles. The molecule has 2 aromatic carbocycles. The summed E-state index contributed by atoms with van der Waals surface area (Å²) in [5, 5.41) is 12.3. The van der Waals surface area contributed by atoms with Crippen LogP contribution in [0.3, 0.4) is 0 Å². The van der Waals surface area contributed by atoms with E-state index in [1.54, 1.807) is 42.5 Å². The number of nitrogens with one attached hydrogen (secondary N) is 1. The Labute approximate surface area is 87.0 Å². The second-order valence-electron chi connectivity index (χ2n) is 3.12. The van der Waals surface area contributed by atoms with Gasteiger partial charge in [-0.3, -0.25) is 0 Å². The number of phenolic OH excluding ortho intramolecular Hbond substituents is 1. The van der Waals surface area contributed by atoms with Crippen LogP contribution in [0.2, 0.25) is 0 Å². The molecule has 2 rings (SSSR count). The summed E-state index contributed by atoms with van der Waals surface area (Å²) >= 11 is 0. The fourth-order valence-corrected chi connectivity index (χ4v) is 1.29. The molecular weight excluding hydrogens is 193 g/mol. The summed E-state index contributed by atoms with van der Waals surface area (Å²) in [4.78, 5) is 0. The topological polar surface area (TPSA) is 32.3 Å². The van der Waals surface area contributed by atoms with Crippen LogP contribution in [0.1, 0.15) is 0 Å². The SMILES string of the molecule is Oc1ccccc1Nc1ccccc1F. The fourth-order valence-electron chi connectivity index (χ4n) is 1.29. The molecule has 0 heterocycles. The molecular formula is C12H10FNO.